The van der Waals surface area contributed by atoms with E-state index < -0.39 is 0 Å². The van der Waals surface area contributed by atoms with Crippen LogP contribution in [0, 0.1) is 0 Å². The normalized spacial score (nSPS) is 15.2. The zero-order valence-electron chi connectivity index (χ0n) is 15.0. The van der Waals surface area contributed by atoms with E-state index in [-0.39, 0.29) is 5.91 Å². The molecule has 0 saturated carbocycles. The molecule has 0 aromatic heterocycles. The lowest BCUT2D eigenvalue weighted by molar-refractivity contribution is -0.117. The first-order chi connectivity index (χ1) is 11.6. The van der Waals surface area contributed by atoms with Gasteiger partial charge in [-0.1, -0.05) is 19.1 Å². The van der Waals surface area contributed by atoms with Crippen molar-refractivity contribution in [3.8, 4) is 0 Å². The maximum Gasteiger partial charge on any atom is 0.227 e. The van der Waals surface area contributed by atoms with E-state index in [1.54, 1.807) is 7.05 Å². The third kappa shape index (κ3) is 5.23. The van der Waals surface area contributed by atoms with Crippen LogP contribution in [-0.4, -0.2) is 57.0 Å². The average Bonchev–Trinajstić information content (AvgIpc) is 3.04. The van der Waals surface area contributed by atoms with E-state index >= 15 is 0 Å². The van der Waals surface area contributed by atoms with Gasteiger partial charge < -0.3 is 20.4 Å². The SMILES string of the molecule is CCN(C)CCNC(=NC)NCc1ccc(N2CCCC2=O)cc1. The number of aliphatic imine (C=N–C) groups is 1. The number of carbonyl (C=O) groups is 1. The number of nitrogens with one attached hydrogen (secondary N) is 2. The fourth-order valence-electron chi connectivity index (χ4n) is 2.64. The largest absolute Gasteiger partial charge is 0.355 e. The number of likely N-dealkylation sites (N-methyl/N-ethyl adjacent to an activating group) is 1. The van der Waals surface area contributed by atoms with Crippen LogP contribution < -0.4 is 15.5 Å². The minimum absolute atomic E-state index is 0.225. The second-order valence-corrected chi connectivity index (χ2v) is 6.06. The molecule has 0 radical (unpaired) electrons. The van der Waals surface area contributed by atoms with Crippen molar-refractivity contribution < 1.29 is 4.79 Å². The van der Waals surface area contributed by atoms with Crippen LogP contribution in [0.25, 0.3) is 0 Å². The van der Waals surface area contributed by atoms with Gasteiger partial charge in [0.1, 0.15) is 0 Å². The molecule has 6 heteroatoms. The van der Waals surface area contributed by atoms with Crippen LogP contribution in [0.3, 0.4) is 0 Å². The molecule has 132 valence electrons. The van der Waals surface area contributed by atoms with Gasteiger partial charge in [0.2, 0.25) is 5.91 Å². The Hall–Kier alpha value is -2.08. The van der Waals surface area contributed by atoms with Gasteiger partial charge in [0.25, 0.3) is 0 Å². The molecule has 1 saturated heterocycles. The number of rotatable bonds is 7. The Labute approximate surface area is 144 Å². The van der Waals surface area contributed by atoms with Gasteiger partial charge in [-0.3, -0.25) is 9.79 Å². The summed E-state index contributed by atoms with van der Waals surface area (Å²) in [7, 11) is 3.88. The second-order valence-electron chi connectivity index (χ2n) is 6.06. The van der Waals surface area contributed by atoms with Crippen molar-refractivity contribution in [3.05, 3.63) is 29.8 Å². The molecule has 1 aromatic carbocycles. The van der Waals surface area contributed by atoms with Gasteiger partial charge in [0.05, 0.1) is 0 Å². The van der Waals surface area contributed by atoms with Gasteiger partial charge in [0.15, 0.2) is 5.96 Å². The van der Waals surface area contributed by atoms with Crippen LogP contribution in [0.4, 0.5) is 5.69 Å². The fourth-order valence-corrected chi connectivity index (χ4v) is 2.64. The summed E-state index contributed by atoms with van der Waals surface area (Å²) in [6.45, 7) is 6.57. The summed E-state index contributed by atoms with van der Waals surface area (Å²) in [5.74, 6) is 1.03. The molecule has 0 atom stereocenters. The molecule has 0 bridgehead atoms. The average molecular weight is 331 g/mol. The summed E-state index contributed by atoms with van der Waals surface area (Å²) in [4.78, 5) is 20.1. The van der Waals surface area contributed by atoms with Crippen LogP contribution in [-0.2, 0) is 11.3 Å². The number of hydrogen-bond acceptors (Lipinski definition) is 3. The monoisotopic (exact) mass is 331 g/mol. The van der Waals surface area contributed by atoms with E-state index in [0.717, 1.165) is 44.2 Å². The Bertz CT molecular complexity index is 555. The lowest BCUT2D eigenvalue weighted by Crippen LogP contribution is -2.40. The smallest absolute Gasteiger partial charge is 0.227 e. The molecule has 1 aliphatic heterocycles. The van der Waals surface area contributed by atoms with Gasteiger partial charge in [0, 0.05) is 45.3 Å². The third-order valence-corrected chi connectivity index (χ3v) is 4.33. The quantitative estimate of drug-likeness (QED) is 0.586. The lowest BCUT2D eigenvalue weighted by Gasteiger charge is -2.17. The molecule has 6 nitrogen and oxygen atoms in total. The summed E-state index contributed by atoms with van der Waals surface area (Å²) < 4.78 is 0. The Morgan fingerprint density at radius 1 is 1.29 bits per heavy atom. The molecule has 1 heterocycles. The van der Waals surface area contributed by atoms with Crippen molar-refractivity contribution in [1.82, 2.24) is 15.5 Å². The fraction of sp³-hybridized carbons (Fsp3) is 0.556. The highest BCUT2D eigenvalue weighted by molar-refractivity contribution is 5.95. The minimum atomic E-state index is 0.225. The summed E-state index contributed by atoms with van der Waals surface area (Å²) in [5, 5.41) is 6.63. The maximum absolute atomic E-state index is 11.8. The highest BCUT2D eigenvalue weighted by Crippen LogP contribution is 2.21. The molecular formula is C18H29N5O. The number of nitrogens with zero attached hydrogens (tertiary/aromatic N) is 3. The van der Waals surface area contributed by atoms with Gasteiger partial charge in [-0.15, -0.1) is 0 Å². The number of anilines is 1. The van der Waals surface area contributed by atoms with E-state index in [1.807, 2.05) is 17.0 Å². The molecule has 1 aromatic rings. The van der Waals surface area contributed by atoms with Crippen molar-refractivity contribution in [2.24, 2.45) is 4.99 Å². The van der Waals surface area contributed by atoms with Crippen LogP contribution in [0.5, 0.6) is 0 Å². The molecule has 0 aliphatic carbocycles. The van der Waals surface area contributed by atoms with Crippen LogP contribution in [0.15, 0.2) is 29.3 Å². The predicted octanol–water partition coefficient (Wildman–Crippen LogP) is 1.43. The molecule has 0 unspecified atom stereocenters. The summed E-state index contributed by atoms with van der Waals surface area (Å²) in [6, 6.07) is 8.16. The van der Waals surface area contributed by atoms with Crippen LogP contribution >= 0.6 is 0 Å². The topological polar surface area (TPSA) is 60.0 Å². The molecule has 24 heavy (non-hydrogen) atoms. The predicted molar refractivity (Wildman–Crippen MR) is 99.4 cm³/mol. The number of guanidine groups is 1. The first-order valence-corrected chi connectivity index (χ1v) is 8.66. The maximum atomic E-state index is 11.8. The van der Waals surface area contributed by atoms with Gasteiger partial charge in [-0.05, 0) is 37.7 Å². The second kappa shape index (κ2) is 9.27. The Balaban J connectivity index is 1.79. The molecule has 1 fully saturated rings. The molecule has 2 N–H and O–H groups in total. The van der Waals surface area contributed by atoms with E-state index in [4.69, 9.17) is 0 Å². The molecule has 1 amide bonds. The summed E-state index contributed by atoms with van der Waals surface area (Å²) in [6.07, 6.45) is 1.62. The highest BCUT2D eigenvalue weighted by Gasteiger charge is 2.21. The van der Waals surface area contributed by atoms with E-state index in [2.05, 4.69) is 46.6 Å². The Morgan fingerprint density at radius 3 is 2.62 bits per heavy atom. The minimum Gasteiger partial charge on any atom is -0.355 e. The lowest BCUT2D eigenvalue weighted by atomic mass is 10.2. The highest BCUT2D eigenvalue weighted by atomic mass is 16.2. The van der Waals surface area contributed by atoms with Gasteiger partial charge in [-0.2, -0.15) is 0 Å². The van der Waals surface area contributed by atoms with E-state index in [0.29, 0.717) is 13.0 Å². The number of benzene rings is 1. The standard InChI is InChI=1S/C18H29N5O/c1-4-22(3)13-11-20-18(19-2)21-14-15-7-9-16(10-8-15)23-12-5-6-17(23)24/h7-10H,4-6,11-14H2,1-3H3,(H2,19,20,21). The molecular weight excluding hydrogens is 302 g/mol. The van der Waals surface area contributed by atoms with Crippen molar-refractivity contribution >= 4 is 17.6 Å². The zero-order chi connectivity index (χ0) is 17.4. The van der Waals surface area contributed by atoms with Crippen molar-refractivity contribution in [2.75, 3.05) is 45.2 Å². The van der Waals surface area contributed by atoms with Crippen LogP contribution in [0.1, 0.15) is 25.3 Å². The molecule has 2 rings (SSSR count). The summed E-state index contributed by atoms with van der Waals surface area (Å²) >= 11 is 0. The van der Waals surface area contributed by atoms with Crippen LogP contribution in [0.2, 0.25) is 0 Å². The number of carbonyl (C=O) groups excluding carboxylic acids is 1. The Morgan fingerprint density at radius 2 is 2.04 bits per heavy atom. The van der Waals surface area contributed by atoms with Crippen molar-refractivity contribution in [2.45, 2.75) is 26.3 Å². The first kappa shape index (κ1) is 18.3. The Kier molecular flexibility index (Phi) is 7.06. The van der Waals surface area contributed by atoms with Crippen molar-refractivity contribution in [3.63, 3.8) is 0 Å². The van der Waals surface area contributed by atoms with E-state index in [9.17, 15) is 4.79 Å². The summed E-state index contributed by atoms with van der Waals surface area (Å²) in [5.41, 5.74) is 2.16. The van der Waals surface area contributed by atoms with Gasteiger partial charge in [-0.25, -0.2) is 0 Å². The van der Waals surface area contributed by atoms with Crippen molar-refractivity contribution in [1.29, 1.82) is 0 Å². The number of hydrogen-bond donors (Lipinski definition) is 2. The zero-order valence-corrected chi connectivity index (χ0v) is 15.0. The first-order valence-electron chi connectivity index (χ1n) is 8.66. The molecule has 1 aliphatic rings. The van der Waals surface area contributed by atoms with E-state index in [1.165, 1.54) is 5.56 Å². The number of amides is 1. The molecule has 0 spiro atoms. The third-order valence-electron chi connectivity index (χ3n) is 4.33. The van der Waals surface area contributed by atoms with Gasteiger partial charge >= 0.3 is 0 Å².